The average Bonchev–Trinajstić information content (AvgIpc) is 3.24. The number of nitrogens with zero attached hydrogens (tertiary/aromatic N) is 2. The quantitative estimate of drug-likeness (QED) is 0.124. The number of ketones is 2. The van der Waals surface area contributed by atoms with E-state index in [1.165, 1.54) is 18.2 Å². The average molecular weight is 495 g/mol. The van der Waals surface area contributed by atoms with E-state index in [1.54, 1.807) is 48.5 Å². The molecule has 2 unspecified atom stereocenters. The van der Waals surface area contributed by atoms with Crippen molar-refractivity contribution in [1.29, 1.82) is 5.26 Å². The van der Waals surface area contributed by atoms with E-state index in [0.717, 1.165) is 24.3 Å². The lowest BCUT2D eigenvalue weighted by Gasteiger charge is -2.20. The highest BCUT2D eigenvalue weighted by Crippen LogP contribution is 2.37. The Labute approximate surface area is 209 Å². The SMILES string of the molecule is N#Cc1cc([N+](=O)[O-])ccc1NC(=O)C(=O)C(C(=O)C=Cc1ccccc1)C1OC(=O)c2ccccc21. The van der Waals surface area contributed by atoms with Gasteiger partial charge in [-0.05, 0) is 23.8 Å². The summed E-state index contributed by atoms with van der Waals surface area (Å²) in [5.74, 6) is -5.68. The van der Waals surface area contributed by atoms with E-state index in [1.807, 2.05) is 0 Å². The van der Waals surface area contributed by atoms with Crippen molar-refractivity contribution in [2.24, 2.45) is 5.92 Å². The minimum Gasteiger partial charge on any atom is -0.453 e. The van der Waals surface area contributed by atoms with Gasteiger partial charge < -0.3 is 10.1 Å². The van der Waals surface area contributed by atoms with E-state index in [2.05, 4.69) is 5.32 Å². The lowest BCUT2D eigenvalue weighted by Crippen LogP contribution is -2.37. The molecule has 0 radical (unpaired) electrons. The summed E-state index contributed by atoms with van der Waals surface area (Å²) < 4.78 is 5.35. The van der Waals surface area contributed by atoms with Gasteiger partial charge in [-0.3, -0.25) is 24.5 Å². The maximum absolute atomic E-state index is 13.3. The molecule has 1 aliphatic rings. The molecule has 0 bridgehead atoms. The van der Waals surface area contributed by atoms with Gasteiger partial charge in [0, 0.05) is 17.7 Å². The molecule has 3 aromatic rings. The number of ether oxygens (including phenoxy) is 1. The number of nitro groups is 1. The van der Waals surface area contributed by atoms with Crippen LogP contribution in [0.1, 0.15) is 33.2 Å². The molecule has 1 amide bonds. The van der Waals surface area contributed by atoms with E-state index in [-0.39, 0.29) is 28.1 Å². The molecule has 0 aliphatic carbocycles. The molecule has 182 valence electrons. The van der Waals surface area contributed by atoms with Crippen LogP contribution in [0.5, 0.6) is 0 Å². The molecule has 37 heavy (non-hydrogen) atoms. The Bertz CT molecular complexity index is 1510. The molecule has 10 nitrogen and oxygen atoms in total. The number of esters is 1. The van der Waals surface area contributed by atoms with Crippen LogP contribution in [0.15, 0.2) is 78.9 Å². The number of nitro benzene ring substituents is 1. The van der Waals surface area contributed by atoms with Crippen molar-refractivity contribution in [2.75, 3.05) is 5.32 Å². The highest BCUT2D eigenvalue weighted by atomic mass is 16.6. The van der Waals surface area contributed by atoms with Crippen LogP contribution in [-0.2, 0) is 19.1 Å². The first-order valence-corrected chi connectivity index (χ1v) is 10.9. The van der Waals surface area contributed by atoms with Gasteiger partial charge in [0.25, 0.3) is 11.6 Å². The largest absolute Gasteiger partial charge is 0.453 e. The lowest BCUT2D eigenvalue weighted by atomic mass is 9.86. The van der Waals surface area contributed by atoms with Crippen molar-refractivity contribution in [3.63, 3.8) is 0 Å². The van der Waals surface area contributed by atoms with Crippen LogP contribution in [0.25, 0.3) is 6.08 Å². The Morgan fingerprint density at radius 3 is 2.46 bits per heavy atom. The number of rotatable bonds is 8. The second-order valence-electron chi connectivity index (χ2n) is 7.95. The smallest absolute Gasteiger partial charge is 0.339 e. The molecule has 0 aromatic heterocycles. The van der Waals surface area contributed by atoms with Crippen LogP contribution in [0.2, 0.25) is 0 Å². The number of Topliss-reactive ketones (excluding diaryl/α,β-unsaturated/α-hetero) is 1. The Morgan fingerprint density at radius 1 is 1.05 bits per heavy atom. The normalized spacial score (nSPS) is 14.8. The Hall–Kier alpha value is -5.43. The van der Waals surface area contributed by atoms with Crippen molar-refractivity contribution >= 4 is 40.9 Å². The van der Waals surface area contributed by atoms with E-state index in [9.17, 15) is 34.6 Å². The third kappa shape index (κ3) is 5.16. The Kier molecular flexibility index (Phi) is 6.97. The fraction of sp³-hybridized carbons (Fsp3) is 0.0741. The fourth-order valence-electron chi connectivity index (χ4n) is 3.86. The van der Waals surface area contributed by atoms with Gasteiger partial charge in [0.1, 0.15) is 18.1 Å². The van der Waals surface area contributed by atoms with Crippen molar-refractivity contribution in [3.05, 3.63) is 111 Å². The minimum atomic E-state index is -1.71. The summed E-state index contributed by atoms with van der Waals surface area (Å²) in [6, 6.07) is 19.8. The van der Waals surface area contributed by atoms with Crippen LogP contribution in [0.4, 0.5) is 11.4 Å². The van der Waals surface area contributed by atoms with Gasteiger partial charge in [0.05, 0.1) is 21.7 Å². The van der Waals surface area contributed by atoms with Gasteiger partial charge in [0.2, 0.25) is 5.78 Å². The number of allylic oxidation sites excluding steroid dienone is 1. The molecule has 0 fully saturated rings. The first kappa shape index (κ1) is 24.7. The maximum atomic E-state index is 13.3. The lowest BCUT2D eigenvalue weighted by molar-refractivity contribution is -0.384. The van der Waals surface area contributed by atoms with Crippen molar-refractivity contribution < 1.29 is 28.8 Å². The van der Waals surface area contributed by atoms with E-state index >= 15 is 0 Å². The summed E-state index contributed by atoms with van der Waals surface area (Å²) in [6.45, 7) is 0. The molecule has 0 saturated heterocycles. The van der Waals surface area contributed by atoms with E-state index in [0.29, 0.717) is 5.56 Å². The van der Waals surface area contributed by atoms with Gasteiger partial charge in [-0.1, -0.05) is 54.6 Å². The number of cyclic esters (lactones) is 1. The van der Waals surface area contributed by atoms with Crippen molar-refractivity contribution in [2.45, 2.75) is 6.10 Å². The molecule has 1 aliphatic heterocycles. The fourth-order valence-corrected chi connectivity index (χ4v) is 3.86. The number of anilines is 1. The standard InChI is InChI=1S/C27H17N3O7/c28-15-17-14-18(30(35)36)11-12-21(17)29-26(33)24(32)23(22(31)13-10-16-6-2-1-3-7-16)25-19-8-4-5-9-20(19)27(34)37-25/h1-14,23,25H,(H,29,33). The van der Waals surface area contributed by atoms with Crippen LogP contribution < -0.4 is 5.32 Å². The second kappa shape index (κ2) is 10.5. The number of hydrogen-bond acceptors (Lipinski definition) is 8. The summed E-state index contributed by atoms with van der Waals surface area (Å²) >= 11 is 0. The van der Waals surface area contributed by atoms with Crippen LogP contribution in [-0.4, -0.2) is 28.4 Å². The summed E-state index contributed by atoms with van der Waals surface area (Å²) in [6.07, 6.45) is 1.25. The molecule has 3 aromatic carbocycles. The predicted octanol–water partition coefficient (Wildman–Crippen LogP) is 3.78. The zero-order chi connectivity index (χ0) is 26.5. The first-order valence-electron chi connectivity index (χ1n) is 10.9. The number of benzene rings is 3. The molecule has 2 atom stereocenters. The number of nitriles is 1. The molecule has 0 saturated carbocycles. The number of hydrogen-bond donors (Lipinski definition) is 1. The van der Waals surface area contributed by atoms with Gasteiger partial charge in [-0.2, -0.15) is 5.26 Å². The van der Waals surface area contributed by atoms with Gasteiger partial charge >= 0.3 is 5.97 Å². The maximum Gasteiger partial charge on any atom is 0.339 e. The number of nitrogens with one attached hydrogen (secondary N) is 1. The summed E-state index contributed by atoms with van der Waals surface area (Å²) in [5.41, 5.74) is 0.344. The number of amides is 1. The van der Waals surface area contributed by atoms with Crippen LogP contribution >= 0.6 is 0 Å². The highest BCUT2D eigenvalue weighted by Gasteiger charge is 2.45. The van der Waals surface area contributed by atoms with E-state index < -0.39 is 40.4 Å². The number of fused-ring (bicyclic) bond motifs is 1. The molecule has 1 heterocycles. The van der Waals surface area contributed by atoms with Crippen LogP contribution in [0, 0.1) is 27.4 Å². The molecule has 10 heteroatoms. The van der Waals surface area contributed by atoms with E-state index in [4.69, 9.17) is 4.74 Å². The third-order valence-corrected chi connectivity index (χ3v) is 5.66. The van der Waals surface area contributed by atoms with Crippen LogP contribution in [0.3, 0.4) is 0 Å². The van der Waals surface area contributed by atoms with Gasteiger partial charge in [-0.15, -0.1) is 0 Å². The zero-order valence-corrected chi connectivity index (χ0v) is 19.0. The monoisotopic (exact) mass is 495 g/mol. The molecular weight excluding hydrogens is 478 g/mol. The predicted molar refractivity (Wildman–Crippen MR) is 130 cm³/mol. The van der Waals surface area contributed by atoms with Gasteiger partial charge in [-0.25, -0.2) is 4.79 Å². The number of carbonyl (C=O) groups is 4. The summed E-state index contributed by atoms with van der Waals surface area (Å²) in [5, 5.41) is 22.6. The zero-order valence-electron chi connectivity index (χ0n) is 19.0. The second-order valence-corrected chi connectivity index (χ2v) is 7.95. The Balaban J connectivity index is 1.67. The summed E-state index contributed by atoms with van der Waals surface area (Å²) in [7, 11) is 0. The number of carbonyl (C=O) groups excluding carboxylic acids is 4. The number of non-ortho nitro benzene ring substituents is 1. The highest BCUT2D eigenvalue weighted by molar-refractivity contribution is 6.45. The molecular formula is C27H17N3O7. The third-order valence-electron chi connectivity index (χ3n) is 5.66. The van der Waals surface area contributed by atoms with Gasteiger partial charge in [0.15, 0.2) is 5.78 Å². The first-order chi connectivity index (χ1) is 17.8. The van der Waals surface area contributed by atoms with Crippen molar-refractivity contribution in [3.8, 4) is 6.07 Å². The topological polar surface area (TPSA) is 156 Å². The van der Waals surface area contributed by atoms with Crippen molar-refractivity contribution in [1.82, 2.24) is 0 Å². The Morgan fingerprint density at radius 2 is 1.76 bits per heavy atom. The molecule has 0 spiro atoms. The molecule has 4 rings (SSSR count). The minimum absolute atomic E-state index is 0.152. The molecule has 1 N–H and O–H groups in total. The summed E-state index contributed by atoms with van der Waals surface area (Å²) in [4.78, 5) is 62.2.